The maximum atomic E-state index is 13.3. The Labute approximate surface area is 138 Å². The van der Waals surface area contributed by atoms with E-state index in [9.17, 15) is 4.39 Å². The van der Waals surface area contributed by atoms with Crippen LogP contribution < -0.4 is 0 Å². The zero-order valence-electron chi connectivity index (χ0n) is 12.7. The minimum atomic E-state index is -0.298. The first kappa shape index (κ1) is 14.4. The van der Waals surface area contributed by atoms with Crippen LogP contribution in [-0.2, 0) is 0 Å². The summed E-state index contributed by atoms with van der Waals surface area (Å²) < 4.78 is 13.3. The van der Waals surface area contributed by atoms with E-state index >= 15 is 0 Å². The Kier molecular flexibility index (Phi) is 3.67. The van der Waals surface area contributed by atoms with Gasteiger partial charge in [0.05, 0.1) is 5.71 Å². The summed E-state index contributed by atoms with van der Waals surface area (Å²) >= 11 is 0. The first-order valence-corrected chi connectivity index (χ1v) is 7.54. The Morgan fingerprint density at radius 1 is 0.875 bits per heavy atom. The minimum absolute atomic E-state index is 0.298. The van der Waals surface area contributed by atoms with Crippen LogP contribution in [0.4, 0.5) is 4.39 Å². The molecule has 24 heavy (non-hydrogen) atoms. The zero-order valence-corrected chi connectivity index (χ0v) is 12.7. The molecule has 3 heterocycles. The second-order valence-electron chi connectivity index (χ2n) is 5.45. The van der Waals surface area contributed by atoms with Crippen molar-refractivity contribution in [2.24, 2.45) is 4.99 Å². The van der Waals surface area contributed by atoms with Crippen LogP contribution >= 0.6 is 0 Å². The molecule has 4 nitrogen and oxygen atoms in total. The molecule has 5 heteroatoms. The lowest BCUT2D eigenvalue weighted by Crippen LogP contribution is -1.99. The highest BCUT2D eigenvalue weighted by molar-refractivity contribution is 6.08. The van der Waals surface area contributed by atoms with Crippen molar-refractivity contribution in [2.75, 3.05) is 0 Å². The molecule has 1 aromatic carbocycles. The Hall–Kier alpha value is -3.21. The Bertz CT molecular complexity index is 931. The molecule has 0 amide bonds. The van der Waals surface area contributed by atoms with Gasteiger partial charge in [0.15, 0.2) is 5.82 Å². The minimum Gasteiger partial charge on any atom is -0.264 e. The molecule has 0 bridgehead atoms. The monoisotopic (exact) mass is 316 g/mol. The largest absolute Gasteiger partial charge is 0.264 e. The van der Waals surface area contributed by atoms with Crippen molar-refractivity contribution in [3.63, 3.8) is 0 Å². The van der Waals surface area contributed by atoms with E-state index in [2.05, 4.69) is 19.9 Å². The average Bonchev–Trinajstić information content (AvgIpc) is 3.13. The van der Waals surface area contributed by atoms with E-state index in [1.807, 2.05) is 18.3 Å². The summed E-state index contributed by atoms with van der Waals surface area (Å²) in [5.41, 5.74) is 4.63. The fourth-order valence-corrected chi connectivity index (χ4v) is 2.58. The molecule has 4 rings (SSSR count). The van der Waals surface area contributed by atoms with Crippen molar-refractivity contribution in [1.82, 2.24) is 15.0 Å². The van der Waals surface area contributed by atoms with Gasteiger partial charge in [-0.15, -0.1) is 0 Å². The molecule has 0 unspecified atom stereocenters. The van der Waals surface area contributed by atoms with E-state index in [1.54, 1.807) is 36.9 Å². The summed E-state index contributed by atoms with van der Waals surface area (Å²) in [6.07, 6.45) is 9.60. The molecule has 0 N–H and O–H groups in total. The normalized spacial score (nSPS) is 13.5. The number of allylic oxidation sites excluding steroid dienone is 1. The highest BCUT2D eigenvalue weighted by Gasteiger charge is 2.15. The van der Waals surface area contributed by atoms with Gasteiger partial charge >= 0.3 is 0 Å². The standard InChI is InChI=1S/C19H13FN4/c20-17-5-1-3-13(7-17)19-23-11-16(12-24-19)15-8-18(22-10-15)14-4-2-6-21-9-14/h1-7,9-12H,8H2. The summed E-state index contributed by atoms with van der Waals surface area (Å²) in [4.78, 5) is 17.3. The van der Waals surface area contributed by atoms with E-state index < -0.39 is 0 Å². The lowest BCUT2D eigenvalue weighted by molar-refractivity contribution is 0.628. The van der Waals surface area contributed by atoms with Crippen LogP contribution in [-0.4, -0.2) is 20.7 Å². The van der Waals surface area contributed by atoms with Crippen LogP contribution in [0, 0.1) is 5.82 Å². The van der Waals surface area contributed by atoms with Crippen molar-refractivity contribution >= 4 is 11.3 Å². The highest BCUT2D eigenvalue weighted by atomic mass is 19.1. The van der Waals surface area contributed by atoms with E-state index in [-0.39, 0.29) is 5.82 Å². The van der Waals surface area contributed by atoms with Crippen molar-refractivity contribution in [1.29, 1.82) is 0 Å². The second kappa shape index (κ2) is 6.12. The topological polar surface area (TPSA) is 51.0 Å². The lowest BCUT2D eigenvalue weighted by atomic mass is 10.0. The molecule has 3 aromatic rings. The number of hydrogen-bond acceptors (Lipinski definition) is 4. The smallest absolute Gasteiger partial charge is 0.159 e. The van der Waals surface area contributed by atoms with E-state index in [0.717, 1.165) is 22.4 Å². The van der Waals surface area contributed by atoms with Crippen LogP contribution in [0.3, 0.4) is 0 Å². The van der Waals surface area contributed by atoms with Gasteiger partial charge in [0.1, 0.15) is 5.82 Å². The molecular weight excluding hydrogens is 303 g/mol. The molecule has 0 radical (unpaired) electrons. The molecule has 0 spiro atoms. The van der Waals surface area contributed by atoms with Gasteiger partial charge < -0.3 is 0 Å². The Balaban J connectivity index is 1.53. The average molecular weight is 316 g/mol. The fraction of sp³-hybridized carbons (Fsp3) is 0.0526. The SMILES string of the molecule is Fc1cccc(-c2ncc(C3=CN=C(c4cccnc4)C3)cn2)c1. The second-order valence-corrected chi connectivity index (χ2v) is 5.45. The number of rotatable bonds is 3. The van der Waals surface area contributed by atoms with E-state index in [0.29, 0.717) is 17.8 Å². The molecular formula is C19H13FN4. The lowest BCUT2D eigenvalue weighted by Gasteiger charge is -2.05. The predicted octanol–water partition coefficient (Wildman–Crippen LogP) is 3.91. The summed E-state index contributed by atoms with van der Waals surface area (Å²) in [6, 6.07) is 10.1. The van der Waals surface area contributed by atoms with Gasteiger partial charge in [-0.2, -0.15) is 0 Å². The number of aromatic nitrogens is 3. The van der Waals surface area contributed by atoms with E-state index in [4.69, 9.17) is 0 Å². The Morgan fingerprint density at radius 3 is 2.46 bits per heavy atom. The van der Waals surface area contributed by atoms with Crippen LogP contribution in [0.5, 0.6) is 0 Å². The highest BCUT2D eigenvalue weighted by Crippen LogP contribution is 2.26. The van der Waals surface area contributed by atoms with Gasteiger partial charge in [-0.05, 0) is 23.8 Å². The third-order valence-corrected chi connectivity index (χ3v) is 3.83. The van der Waals surface area contributed by atoms with Crippen LogP contribution in [0.25, 0.3) is 17.0 Å². The summed E-state index contributed by atoms with van der Waals surface area (Å²) in [5.74, 6) is 0.207. The molecule has 0 atom stereocenters. The van der Waals surface area contributed by atoms with Gasteiger partial charge in [0.2, 0.25) is 0 Å². The number of halogens is 1. The molecule has 1 aliphatic heterocycles. The number of hydrogen-bond donors (Lipinski definition) is 0. The number of nitrogens with zero attached hydrogens (tertiary/aromatic N) is 4. The summed E-state index contributed by atoms with van der Waals surface area (Å²) in [6.45, 7) is 0. The summed E-state index contributed by atoms with van der Waals surface area (Å²) in [5, 5.41) is 0. The van der Waals surface area contributed by atoms with Crippen molar-refractivity contribution in [3.05, 3.63) is 84.3 Å². The van der Waals surface area contributed by atoms with Crippen molar-refractivity contribution < 1.29 is 4.39 Å². The molecule has 1 aliphatic rings. The Morgan fingerprint density at radius 2 is 1.71 bits per heavy atom. The first-order valence-electron chi connectivity index (χ1n) is 7.54. The molecule has 0 saturated heterocycles. The number of pyridine rings is 1. The van der Waals surface area contributed by atoms with Gasteiger partial charge in [0.25, 0.3) is 0 Å². The quantitative estimate of drug-likeness (QED) is 0.736. The first-order chi connectivity index (χ1) is 11.8. The summed E-state index contributed by atoms with van der Waals surface area (Å²) in [7, 11) is 0. The van der Waals surface area contributed by atoms with Crippen LogP contribution in [0.15, 0.2) is 72.4 Å². The van der Waals surface area contributed by atoms with Gasteiger partial charge in [0, 0.05) is 54.1 Å². The van der Waals surface area contributed by atoms with Gasteiger partial charge in [-0.3, -0.25) is 9.98 Å². The third kappa shape index (κ3) is 2.84. The third-order valence-electron chi connectivity index (χ3n) is 3.83. The van der Waals surface area contributed by atoms with Crippen molar-refractivity contribution in [2.45, 2.75) is 6.42 Å². The molecule has 0 fully saturated rings. The maximum absolute atomic E-state index is 13.3. The number of benzene rings is 1. The van der Waals surface area contributed by atoms with Crippen LogP contribution in [0.2, 0.25) is 0 Å². The van der Waals surface area contributed by atoms with Gasteiger partial charge in [-0.25, -0.2) is 14.4 Å². The van der Waals surface area contributed by atoms with Crippen molar-refractivity contribution in [3.8, 4) is 11.4 Å². The maximum Gasteiger partial charge on any atom is 0.159 e. The zero-order chi connectivity index (χ0) is 16.4. The molecule has 2 aromatic heterocycles. The predicted molar refractivity (Wildman–Crippen MR) is 90.8 cm³/mol. The van der Waals surface area contributed by atoms with Crippen LogP contribution in [0.1, 0.15) is 17.5 Å². The molecule has 116 valence electrons. The fourth-order valence-electron chi connectivity index (χ4n) is 2.58. The molecule has 0 aliphatic carbocycles. The van der Waals surface area contributed by atoms with Gasteiger partial charge in [-0.1, -0.05) is 18.2 Å². The van der Waals surface area contributed by atoms with E-state index in [1.165, 1.54) is 12.1 Å². The number of aliphatic imine (C=N–C) groups is 1. The molecule has 0 saturated carbocycles.